The summed E-state index contributed by atoms with van der Waals surface area (Å²) < 4.78 is 0. The van der Waals surface area contributed by atoms with Crippen molar-refractivity contribution in [3.05, 3.63) is 62.0 Å². The Morgan fingerprint density at radius 3 is 2.71 bits per heavy atom. The van der Waals surface area contributed by atoms with Crippen LogP contribution in [0.3, 0.4) is 0 Å². The summed E-state index contributed by atoms with van der Waals surface area (Å²) in [7, 11) is 3.62. The number of amides is 1. The fraction of sp³-hybridized carbons (Fsp3) is 0.381. The van der Waals surface area contributed by atoms with Crippen LogP contribution in [0.25, 0.3) is 10.2 Å². The molecule has 0 unspecified atom stereocenters. The van der Waals surface area contributed by atoms with Crippen molar-refractivity contribution in [2.24, 2.45) is 0 Å². The van der Waals surface area contributed by atoms with E-state index >= 15 is 0 Å². The number of carbonyl (C=O) groups is 1. The number of H-pyrrole nitrogens is 1. The standard InChI is InChI=1S/C21H24N4O2S/c1-22-19(26)14-9-7-13(8-10-14)11-25(2)12-17-23-20(27)18-15-5-3-4-6-16(15)28-21(18)24-17/h7-10H,3-6,11-12H2,1-2H3,(H,22,26)(H,23,24,27). The molecule has 6 nitrogen and oxygen atoms in total. The maximum atomic E-state index is 12.7. The molecule has 2 heterocycles. The molecule has 0 saturated carbocycles. The number of carbonyl (C=O) groups excluding carboxylic acids is 1. The summed E-state index contributed by atoms with van der Waals surface area (Å²) >= 11 is 1.68. The van der Waals surface area contributed by atoms with E-state index in [2.05, 4.69) is 15.2 Å². The highest BCUT2D eigenvalue weighted by atomic mass is 32.1. The topological polar surface area (TPSA) is 78.1 Å². The average Bonchev–Trinajstić information content (AvgIpc) is 3.06. The number of aromatic amines is 1. The van der Waals surface area contributed by atoms with Crippen LogP contribution in [0.5, 0.6) is 0 Å². The van der Waals surface area contributed by atoms with Crippen LogP contribution in [0.4, 0.5) is 0 Å². The smallest absolute Gasteiger partial charge is 0.259 e. The number of thiophene rings is 1. The molecule has 0 bridgehead atoms. The molecule has 4 rings (SSSR count). The molecular weight excluding hydrogens is 372 g/mol. The lowest BCUT2D eigenvalue weighted by Gasteiger charge is -2.16. The van der Waals surface area contributed by atoms with Gasteiger partial charge in [-0.2, -0.15) is 0 Å². The molecule has 7 heteroatoms. The zero-order valence-corrected chi connectivity index (χ0v) is 17.0. The van der Waals surface area contributed by atoms with E-state index in [-0.39, 0.29) is 11.5 Å². The second-order valence-electron chi connectivity index (χ2n) is 7.35. The quantitative estimate of drug-likeness (QED) is 0.695. The number of aryl methyl sites for hydroxylation is 2. The van der Waals surface area contributed by atoms with Crippen molar-refractivity contribution in [3.63, 3.8) is 0 Å². The molecule has 146 valence electrons. The Kier molecular flexibility index (Phi) is 5.28. The van der Waals surface area contributed by atoms with Gasteiger partial charge in [-0.15, -0.1) is 11.3 Å². The minimum absolute atomic E-state index is 0.0114. The molecule has 0 spiro atoms. The van der Waals surface area contributed by atoms with E-state index in [0.29, 0.717) is 24.5 Å². The normalized spacial score (nSPS) is 13.7. The number of aromatic nitrogens is 2. The van der Waals surface area contributed by atoms with Gasteiger partial charge >= 0.3 is 0 Å². The molecule has 1 aliphatic rings. The minimum atomic E-state index is -0.0892. The van der Waals surface area contributed by atoms with E-state index in [1.807, 2.05) is 31.3 Å². The van der Waals surface area contributed by atoms with E-state index in [0.717, 1.165) is 35.0 Å². The third kappa shape index (κ3) is 3.72. The third-order valence-corrected chi connectivity index (χ3v) is 6.38. The van der Waals surface area contributed by atoms with E-state index < -0.39 is 0 Å². The zero-order valence-electron chi connectivity index (χ0n) is 16.2. The van der Waals surface area contributed by atoms with Crippen LogP contribution >= 0.6 is 11.3 Å². The second-order valence-corrected chi connectivity index (χ2v) is 8.44. The Morgan fingerprint density at radius 2 is 1.96 bits per heavy atom. The lowest BCUT2D eigenvalue weighted by molar-refractivity contribution is 0.0963. The van der Waals surface area contributed by atoms with Gasteiger partial charge in [-0.3, -0.25) is 14.5 Å². The summed E-state index contributed by atoms with van der Waals surface area (Å²) in [5.41, 5.74) is 2.95. The van der Waals surface area contributed by atoms with Crippen molar-refractivity contribution in [2.75, 3.05) is 14.1 Å². The molecule has 0 atom stereocenters. The second kappa shape index (κ2) is 7.85. The molecule has 1 aromatic carbocycles. The zero-order chi connectivity index (χ0) is 19.7. The fourth-order valence-electron chi connectivity index (χ4n) is 3.81. The van der Waals surface area contributed by atoms with Crippen LogP contribution in [-0.4, -0.2) is 34.9 Å². The van der Waals surface area contributed by atoms with Gasteiger partial charge < -0.3 is 10.3 Å². The molecule has 1 amide bonds. The van der Waals surface area contributed by atoms with Crippen LogP contribution in [0.1, 0.15) is 45.0 Å². The number of hydrogen-bond acceptors (Lipinski definition) is 5. The molecule has 0 aliphatic heterocycles. The average molecular weight is 397 g/mol. The number of benzene rings is 1. The van der Waals surface area contributed by atoms with Crippen molar-refractivity contribution >= 4 is 27.5 Å². The molecule has 2 aromatic heterocycles. The summed E-state index contributed by atoms with van der Waals surface area (Å²) in [4.78, 5) is 36.3. The largest absolute Gasteiger partial charge is 0.355 e. The monoisotopic (exact) mass is 396 g/mol. The van der Waals surface area contributed by atoms with Crippen molar-refractivity contribution < 1.29 is 4.79 Å². The Balaban J connectivity index is 1.50. The maximum absolute atomic E-state index is 12.7. The molecular formula is C21H24N4O2S. The predicted molar refractivity (Wildman–Crippen MR) is 112 cm³/mol. The first-order valence-corrected chi connectivity index (χ1v) is 10.4. The molecule has 2 N–H and O–H groups in total. The van der Waals surface area contributed by atoms with Gasteiger partial charge in [0.2, 0.25) is 0 Å². The van der Waals surface area contributed by atoms with Crippen LogP contribution in [0, 0.1) is 0 Å². The lowest BCUT2D eigenvalue weighted by atomic mass is 9.97. The van der Waals surface area contributed by atoms with Crippen LogP contribution in [-0.2, 0) is 25.9 Å². The number of nitrogens with zero attached hydrogens (tertiary/aromatic N) is 2. The summed E-state index contributed by atoms with van der Waals surface area (Å²) in [6.07, 6.45) is 4.41. The molecule has 0 fully saturated rings. The Morgan fingerprint density at radius 1 is 1.21 bits per heavy atom. The highest BCUT2D eigenvalue weighted by molar-refractivity contribution is 7.18. The van der Waals surface area contributed by atoms with Crippen LogP contribution < -0.4 is 10.9 Å². The predicted octanol–water partition coefficient (Wildman–Crippen LogP) is 2.86. The van der Waals surface area contributed by atoms with Crippen LogP contribution in [0.2, 0.25) is 0 Å². The van der Waals surface area contributed by atoms with E-state index in [1.165, 1.54) is 16.9 Å². The van der Waals surface area contributed by atoms with Gasteiger partial charge in [-0.1, -0.05) is 12.1 Å². The van der Waals surface area contributed by atoms with Gasteiger partial charge in [0.25, 0.3) is 11.5 Å². The fourth-order valence-corrected chi connectivity index (χ4v) is 5.09. The van der Waals surface area contributed by atoms with Gasteiger partial charge in [0, 0.05) is 24.0 Å². The van der Waals surface area contributed by atoms with E-state index in [9.17, 15) is 9.59 Å². The van der Waals surface area contributed by atoms with Crippen LogP contribution in [0.15, 0.2) is 29.1 Å². The SMILES string of the molecule is CNC(=O)c1ccc(CN(C)Cc2nc3sc4c(c3c(=O)[nH]2)CCCC4)cc1. The number of nitrogens with one attached hydrogen (secondary N) is 2. The molecule has 3 aromatic rings. The minimum Gasteiger partial charge on any atom is -0.355 e. The van der Waals surface area contributed by atoms with Crippen molar-refractivity contribution in [3.8, 4) is 0 Å². The molecule has 28 heavy (non-hydrogen) atoms. The Bertz CT molecular complexity index is 1070. The first-order chi connectivity index (χ1) is 13.5. The van der Waals surface area contributed by atoms with Gasteiger partial charge in [0.15, 0.2) is 0 Å². The van der Waals surface area contributed by atoms with Crippen molar-refractivity contribution in [1.29, 1.82) is 0 Å². The number of hydrogen-bond donors (Lipinski definition) is 2. The van der Waals surface area contributed by atoms with Gasteiger partial charge in [-0.25, -0.2) is 4.98 Å². The Hall–Kier alpha value is -2.51. The first kappa shape index (κ1) is 18.8. The first-order valence-electron chi connectivity index (χ1n) is 9.58. The number of fused-ring (bicyclic) bond motifs is 3. The lowest BCUT2D eigenvalue weighted by Crippen LogP contribution is -2.22. The highest BCUT2D eigenvalue weighted by Crippen LogP contribution is 2.33. The van der Waals surface area contributed by atoms with Crippen molar-refractivity contribution in [1.82, 2.24) is 20.2 Å². The summed E-state index contributed by atoms with van der Waals surface area (Å²) in [6, 6.07) is 7.55. The highest BCUT2D eigenvalue weighted by Gasteiger charge is 2.20. The van der Waals surface area contributed by atoms with Gasteiger partial charge in [0.1, 0.15) is 10.7 Å². The molecule has 0 radical (unpaired) electrons. The van der Waals surface area contributed by atoms with E-state index in [1.54, 1.807) is 18.4 Å². The summed E-state index contributed by atoms with van der Waals surface area (Å²) in [6.45, 7) is 1.27. The number of rotatable bonds is 5. The maximum Gasteiger partial charge on any atom is 0.259 e. The van der Waals surface area contributed by atoms with Gasteiger partial charge in [0.05, 0.1) is 11.9 Å². The molecule has 1 aliphatic carbocycles. The summed E-state index contributed by atoms with van der Waals surface area (Å²) in [5.74, 6) is 0.606. The molecule has 0 saturated heterocycles. The van der Waals surface area contributed by atoms with Crippen molar-refractivity contribution in [2.45, 2.75) is 38.8 Å². The Labute approximate surface area is 167 Å². The van der Waals surface area contributed by atoms with Gasteiger partial charge in [-0.05, 0) is 56.0 Å². The summed E-state index contributed by atoms with van der Waals surface area (Å²) in [5, 5.41) is 3.42. The third-order valence-electron chi connectivity index (χ3n) is 5.19. The van der Waals surface area contributed by atoms with E-state index in [4.69, 9.17) is 4.98 Å².